The fourth-order valence-corrected chi connectivity index (χ4v) is 4.32. The maximum absolute atomic E-state index is 13.5. The number of nitrogens with one attached hydrogen (secondary N) is 2. The number of rotatable bonds is 12. The second kappa shape index (κ2) is 13.7. The summed E-state index contributed by atoms with van der Waals surface area (Å²) in [5.41, 5.74) is 2.28. The zero-order chi connectivity index (χ0) is 28.3. The van der Waals surface area contributed by atoms with Crippen molar-refractivity contribution in [3.8, 4) is 0 Å². The van der Waals surface area contributed by atoms with E-state index in [1.54, 1.807) is 30.3 Å². The average molecular weight is 540 g/mol. The topological polar surface area (TPSA) is 128 Å². The number of ether oxygens (including phenoxy) is 1. The Hall–Kier alpha value is -5.05. The van der Waals surface area contributed by atoms with Crippen molar-refractivity contribution >= 4 is 28.6 Å². The van der Waals surface area contributed by atoms with E-state index in [1.165, 1.54) is 0 Å². The molecule has 0 unspecified atom stereocenters. The minimum atomic E-state index is -1.15. The van der Waals surface area contributed by atoms with Crippen LogP contribution in [-0.2, 0) is 33.8 Å². The lowest BCUT2D eigenvalue weighted by atomic mass is 9.99. The van der Waals surface area contributed by atoms with Gasteiger partial charge in [-0.3, -0.25) is 19.7 Å². The number of nitro groups is 1. The van der Waals surface area contributed by atoms with Gasteiger partial charge in [0.05, 0.1) is 6.04 Å². The summed E-state index contributed by atoms with van der Waals surface area (Å²) >= 11 is 0. The lowest BCUT2D eigenvalue weighted by molar-refractivity contribution is -0.467. The van der Waals surface area contributed by atoms with Crippen LogP contribution in [0.4, 0.5) is 4.79 Å². The van der Waals surface area contributed by atoms with Crippen molar-refractivity contribution in [3.05, 3.63) is 130 Å². The predicted octanol–water partition coefficient (Wildman–Crippen LogP) is 4.25. The molecule has 0 aliphatic carbocycles. The minimum Gasteiger partial charge on any atom is -0.445 e. The normalized spacial score (nSPS) is 12.2. The lowest BCUT2D eigenvalue weighted by Gasteiger charge is -2.22. The third-order valence-electron chi connectivity index (χ3n) is 6.35. The van der Waals surface area contributed by atoms with E-state index in [9.17, 15) is 24.5 Å². The van der Waals surface area contributed by atoms with Gasteiger partial charge < -0.3 is 15.4 Å². The molecule has 2 atom stereocenters. The summed E-state index contributed by atoms with van der Waals surface area (Å²) in [6.45, 7) is -0.922. The maximum Gasteiger partial charge on any atom is 0.408 e. The summed E-state index contributed by atoms with van der Waals surface area (Å²) in [4.78, 5) is 49.3. The molecule has 0 saturated carbocycles. The number of carbonyl (C=O) groups excluding carboxylic acids is 3. The molecule has 4 rings (SSSR count). The Bertz CT molecular complexity index is 1480. The molecule has 0 aromatic heterocycles. The molecule has 0 aliphatic rings. The van der Waals surface area contributed by atoms with Crippen LogP contribution in [0.1, 0.15) is 16.7 Å². The van der Waals surface area contributed by atoms with Crippen LogP contribution in [-0.4, -0.2) is 41.3 Å². The second-order valence-corrected chi connectivity index (χ2v) is 9.35. The number of amides is 2. The lowest BCUT2D eigenvalue weighted by Crippen LogP contribution is -2.53. The number of ketones is 1. The number of Topliss-reactive ketones (excluding diaryl/α,β-unsaturated/α-hetero) is 1. The van der Waals surface area contributed by atoms with Crippen LogP contribution < -0.4 is 10.6 Å². The van der Waals surface area contributed by atoms with Gasteiger partial charge in [0, 0.05) is 17.8 Å². The van der Waals surface area contributed by atoms with Crippen LogP contribution in [0.2, 0.25) is 0 Å². The average Bonchev–Trinajstić information content (AvgIpc) is 2.96. The molecule has 0 bridgehead atoms. The Morgan fingerprint density at radius 2 is 1.30 bits per heavy atom. The Balaban J connectivity index is 1.53. The van der Waals surface area contributed by atoms with Crippen molar-refractivity contribution < 1.29 is 24.0 Å². The van der Waals surface area contributed by atoms with Gasteiger partial charge in [-0.05, 0) is 27.5 Å². The van der Waals surface area contributed by atoms with Gasteiger partial charge in [0.2, 0.25) is 11.7 Å². The van der Waals surface area contributed by atoms with E-state index < -0.39 is 41.3 Å². The molecule has 0 radical (unpaired) electrons. The van der Waals surface area contributed by atoms with Crippen molar-refractivity contribution in [1.82, 2.24) is 10.6 Å². The number of hydrogen-bond acceptors (Lipinski definition) is 6. The molecule has 9 heteroatoms. The molecule has 204 valence electrons. The SMILES string of the molecule is O=C(N[C@@H](Cc1ccc2ccccc2c1)C(=O)N[C@@H](Cc1ccccc1)C(=O)C[N+](=O)[O-])OCc1ccccc1. The van der Waals surface area contributed by atoms with Crippen LogP contribution in [0.5, 0.6) is 0 Å². The Morgan fingerprint density at radius 1 is 0.700 bits per heavy atom. The summed E-state index contributed by atoms with van der Waals surface area (Å²) in [7, 11) is 0. The number of hydrogen-bond donors (Lipinski definition) is 2. The van der Waals surface area contributed by atoms with Crippen molar-refractivity contribution in [2.75, 3.05) is 6.54 Å². The third-order valence-corrected chi connectivity index (χ3v) is 6.35. The van der Waals surface area contributed by atoms with Crippen molar-refractivity contribution in [3.63, 3.8) is 0 Å². The highest BCUT2D eigenvalue weighted by Crippen LogP contribution is 2.17. The van der Waals surface area contributed by atoms with Gasteiger partial charge in [-0.1, -0.05) is 103 Å². The Labute approximate surface area is 231 Å². The fourth-order valence-electron chi connectivity index (χ4n) is 4.32. The number of benzene rings is 4. The molecule has 2 N–H and O–H groups in total. The zero-order valence-corrected chi connectivity index (χ0v) is 21.7. The zero-order valence-electron chi connectivity index (χ0n) is 21.7. The third kappa shape index (κ3) is 8.22. The summed E-state index contributed by atoms with van der Waals surface area (Å²) in [5.74, 6) is -1.39. The van der Waals surface area contributed by atoms with E-state index in [0.717, 1.165) is 27.5 Å². The summed E-state index contributed by atoms with van der Waals surface area (Å²) in [6.07, 6.45) is -0.625. The molecule has 4 aromatic rings. The van der Waals surface area contributed by atoms with Crippen LogP contribution in [0.15, 0.2) is 103 Å². The Kier molecular flexibility index (Phi) is 9.55. The Morgan fingerprint density at radius 3 is 1.98 bits per heavy atom. The molecule has 9 nitrogen and oxygen atoms in total. The van der Waals surface area contributed by atoms with Crippen molar-refractivity contribution in [2.45, 2.75) is 31.5 Å². The molecule has 0 spiro atoms. The number of fused-ring (bicyclic) bond motifs is 1. The molecule has 0 saturated heterocycles. The van der Waals surface area contributed by atoms with Gasteiger partial charge in [0.15, 0.2) is 0 Å². The minimum absolute atomic E-state index is 0.00887. The van der Waals surface area contributed by atoms with Crippen LogP contribution in [0.25, 0.3) is 10.8 Å². The summed E-state index contributed by atoms with van der Waals surface area (Å²) in [5, 5.41) is 18.3. The van der Waals surface area contributed by atoms with Crippen molar-refractivity contribution in [1.29, 1.82) is 0 Å². The summed E-state index contributed by atoms with van der Waals surface area (Å²) in [6, 6.07) is 29.2. The maximum atomic E-state index is 13.5. The highest BCUT2D eigenvalue weighted by atomic mass is 16.6. The van der Waals surface area contributed by atoms with Gasteiger partial charge >= 0.3 is 6.09 Å². The van der Waals surface area contributed by atoms with Gasteiger partial charge in [-0.2, -0.15) is 0 Å². The first-order valence-corrected chi connectivity index (χ1v) is 12.8. The molecule has 0 heterocycles. The number of nitrogens with zero attached hydrogens (tertiary/aromatic N) is 1. The molecule has 0 aliphatic heterocycles. The molecule has 2 amide bonds. The molecular weight excluding hydrogens is 510 g/mol. The highest BCUT2D eigenvalue weighted by molar-refractivity contribution is 5.93. The molecular formula is C31H29N3O6. The molecule has 40 heavy (non-hydrogen) atoms. The molecule has 0 fully saturated rings. The van der Waals surface area contributed by atoms with Crippen LogP contribution >= 0.6 is 0 Å². The number of carbonyl (C=O) groups is 3. The first-order chi connectivity index (χ1) is 19.4. The largest absolute Gasteiger partial charge is 0.445 e. The summed E-state index contributed by atoms with van der Waals surface area (Å²) < 4.78 is 5.33. The van der Waals surface area contributed by atoms with Crippen LogP contribution in [0.3, 0.4) is 0 Å². The molecule has 4 aromatic carbocycles. The van der Waals surface area contributed by atoms with E-state index >= 15 is 0 Å². The van der Waals surface area contributed by atoms with Crippen molar-refractivity contribution in [2.24, 2.45) is 0 Å². The first kappa shape index (κ1) is 28.0. The van der Waals surface area contributed by atoms with E-state index in [1.807, 2.05) is 72.8 Å². The standard InChI is InChI=1S/C31H29N3O6/c35-29(20-34(38)39)27(18-22-9-3-1-4-10-22)32-30(36)28(33-31(37)40-21-23-11-5-2-6-12-23)19-24-15-16-25-13-7-8-14-26(25)17-24/h1-17,27-28H,18-21H2,(H,32,36)(H,33,37)/t27-,28-/m0/s1. The monoisotopic (exact) mass is 539 g/mol. The van der Waals surface area contributed by atoms with Gasteiger partial charge in [0.1, 0.15) is 12.6 Å². The van der Waals surface area contributed by atoms with Crippen LogP contribution in [0, 0.1) is 10.1 Å². The smallest absolute Gasteiger partial charge is 0.408 e. The quantitative estimate of drug-likeness (QED) is 0.205. The van der Waals surface area contributed by atoms with E-state index in [4.69, 9.17) is 4.74 Å². The van der Waals surface area contributed by atoms with Gasteiger partial charge in [-0.15, -0.1) is 0 Å². The van der Waals surface area contributed by atoms with Gasteiger partial charge in [0.25, 0.3) is 6.54 Å². The van der Waals surface area contributed by atoms with E-state index in [0.29, 0.717) is 0 Å². The van der Waals surface area contributed by atoms with E-state index in [-0.39, 0.29) is 19.4 Å². The second-order valence-electron chi connectivity index (χ2n) is 9.35. The number of alkyl carbamates (subject to hydrolysis) is 1. The van der Waals surface area contributed by atoms with E-state index in [2.05, 4.69) is 10.6 Å². The predicted molar refractivity (Wildman–Crippen MR) is 150 cm³/mol. The van der Waals surface area contributed by atoms with Gasteiger partial charge in [-0.25, -0.2) is 4.79 Å². The fraction of sp³-hybridized carbons (Fsp3) is 0.194. The first-order valence-electron chi connectivity index (χ1n) is 12.8. The highest BCUT2D eigenvalue weighted by Gasteiger charge is 2.29.